The minimum atomic E-state index is -1.59. The van der Waals surface area contributed by atoms with E-state index < -0.39 is 8.24 Å². The van der Waals surface area contributed by atoms with Crippen molar-refractivity contribution < 1.29 is 0 Å². The van der Waals surface area contributed by atoms with Gasteiger partial charge in [-0.3, -0.25) is 0 Å². The molecule has 4 heteroatoms. The molecule has 0 radical (unpaired) electrons. The average Bonchev–Trinajstić information content (AvgIpc) is 2.60. The Hall–Kier alpha value is -0.253. The summed E-state index contributed by atoms with van der Waals surface area (Å²) in [6.45, 7) is 11.8. The van der Waals surface area contributed by atoms with Gasteiger partial charge in [0, 0.05) is 9.99 Å². The Morgan fingerprint density at radius 1 is 1.22 bits per heavy atom. The summed E-state index contributed by atoms with van der Waals surface area (Å²) in [5.74, 6) is 0. The fourth-order valence-corrected chi connectivity index (χ4v) is 4.46. The molecule has 1 aromatic carbocycles. The van der Waals surface area contributed by atoms with Crippen LogP contribution in [0.25, 0.3) is 10.9 Å². The van der Waals surface area contributed by atoms with Gasteiger partial charge < -0.3 is 4.23 Å². The lowest BCUT2D eigenvalue weighted by Crippen LogP contribution is -2.44. The summed E-state index contributed by atoms with van der Waals surface area (Å²) in [7, 11) is -1.59. The molecule has 0 N–H and O–H groups in total. The van der Waals surface area contributed by atoms with Crippen LogP contribution in [0.2, 0.25) is 23.2 Å². The number of halogens is 2. The molecule has 0 bridgehead atoms. The molecule has 1 aromatic heterocycles. The van der Waals surface area contributed by atoms with Crippen LogP contribution in [0.1, 0.15) is 20.8 Å². The summed E-state index contributed by atoms with van der Waals surface area (Å²) in [6, 6.07) is 6.35. The third-order valence-electron chi connectivity index (χ3n) is 4.17. The predicted octanol–water partition coefficient (Wildman–Crippen LogP) is 5.91. The van der Waals surface area contributed by atoms with Crippen LogP contribution < -0.4 is 0 Å². The van der Waals surface area contributed by atoms with Gasteiger partial charge in [-0.05, 0) is 50.8 Å². The van der Waals surface area contributed by atoms with Crippen LogP contribution in [-0.2, 0) is 0 Å². The van der Waals surface area contributed by atoms with Crippen molar-refractivity contribution in [3.8, 4) is 0 Å². The molecule has 1 nitrogen and oxygen atoms in total. The van der Waals surface area contributed by atoms with Gasteiger partial charge in [0.15, 0.2) is 8.24 Å². The molecule has 18 heavy (non-hydrogen) atoms. The van der Waals surface area contributed by atoms with Crippen LogP contribution >= 0.6 is 27.5 Å². The molecule has 1 heterocycles. The number of hydrogen-bond donors (Lipinski definition) is 0. The molecule has 0 aliphatic carbocycles. The number of aromatic nitrogens is 1. The van der Waals surface area contributed by atoms with Crippen molar-refractivity contribution in [1.29, 1.82) is 0 Å². The van der Waals surface area contributed by atoms with Gasteiger partial charge in [-0.2, -0.15) is 0 Å². The molecule has 0 aliphatic rings. The number of rotatable bonds is 1. The Balaban J connectivity index is 2.70. The van der Waals surface area contributed by atoms with E-state index >= 15 is 0 Å². The van der Waals surface area contributed by atoms with Crippen molar-refractivity contribution in [2.24, 2.45) is 0 Å². The SMILES string of the molecule is CC(C)(C)[Si](C)(C)n1ccc2cc(Br)c(Cl)cc21. The second-order valence-corrected chi connectivity index (χ2v) is 12.7. The summed E-state index contributed by atoms with van der Waals surface area (Å²) in [6.07, 6.45) is 2.21. The van der Waals surface area contributed by atoms with Gasteiger partial charge >= 0.3 is 0 Å². The highest BCUT2D eigenvalue weighted by atomic mass is 79.9. The second kappa shape index (κ2) is 4.39. The minimum absolute atomic E-state index is 0.304. The van der Waals surface area contributed by atoms with Crippen LogP contribution in [-0.4, -0.2) is 12.5 Å². The van der Waals surface area contributed by atoms with Crippen molar-refractivity contribution >= 4 is 46.7 Å². The van der Waals surface area contributed by atoms with Gasteiger partial charge in [0.1, 0.15) is 0 Å². The molecule has 2 aromatic rings. The number of benzene rings is 1. The maximum Gasteiger partial charge on any atom is 0.161 e. The van der Waals surface area contributed by atoms with Crippen LogP contribution in [0.5, 0.6) is 0 Å². The zero-order chi connectivity index (χ0) is 13.7. The van der Waals surface area contributed by atoms with E-state index in [1.54, 1.807) is 0 Å². The molecule has 0 saturated carbocycles. The largest absolute Gasteiger partial charge is 0.374 e. The van der Waals surface area contributed by atoms with E-state index in [9.17, 15) is 0 Å². The first-order valence-electron chi connectivity index (χ1n) is 6.11. The van der Waals surface area contributed by atoms with E-state index in [1.807, 2.05) is 0 Å². The third kappa shape index (κ3) is 2.17. The summed E-state index contributed by atoms with van der Waals surface area (Å²) in [4.78, 5) is 0. The minimum Gasteiger partial charge on any atom is -0.374 e. The van der Waals surface area contributed by atoms with E-state index in [-0.39, 0.29) is 0 Å². The molecule has 0 spiro atoms. The molecule has 0 unspecified atom stereocenters. The van der Waals surface area contributed by atoms with Crippen LogP contribution in [0.15, 0.2) is 28.9 Å². The first kappa shape index (κ1) is 14.2. The van der Waals surface area contributed by atoms with Gasteiger partial charge in [-0.25, -0.2) is 0 Å². The summed E-state index contributed by atoms with van der Waals surface area (Å²) in [5.41, 5.74) is 1.25. The van der Waals surface area contributed by atoms with Crippen molar-refractivity contribution in [2.75, 3.05) is 0 Å². The molecule has 0 amide bonds. The van der Waals surface area contributed by atoms with E-state index in [0.717, 1.165) is 9.50 Å². The standard InChI is InChI=1S/C14H19BrClNSi/c1-14(2,3)18(4,5)17-7-6-10-8-11(15)12(16)9-13(10)17/h6-9H,1-5H3. The van der Waals surface area contributed by atoms with Gasteiger partial charge in [0.25, 0.3) is 0 Å². The van der Waals surface area contributed by atoms with Gasteiger partial charge in [-0.15, -0.1) is 0 Å². The molecular weight excluding hydrogens is 326 g/mol. The second-order valence-electron chi connectivity index (χ2n) is 6.32. The Morgan fingerprint density at radius 2 is 1.83 bits per heavy atom. The topological polar surface area (TPSA) is 4.93 Å². The molecule has 0 fully saturated rings. The van der Waals surface area contributed by atoms with Gasteiger partial charge in [-0.1, -0.05) is 45.5 Å². The number of hydrogen-bond acceptors (Lipinski definition) is 0. The van der Waals surface area contributed by atoms with Crippen molar-refractivity contribution in [3.05, 3.63) is 33.9 Å². The smallest absolute Gasteiger partial charge is 0.161 e. The first-order valence-corrected chi connectivity index (χ1v) is 10.2. The van der Waals surface area contributed by atoms with E-state index in [2.05, 4.69) is 78.4 Å². The number of nitrogens with zero attached hydrogens (tertiary/aromatic N) is 1. The Bertz CT molecular complexity index is 596. The molecule has 0 saturated heterocycles. The summed E-state index contributed by atoms with van der Waals surface area (Å²) >= 11 is 9.72. The molecule has 0 atom stereocenters. The van der Waals surface area contributed by atoms with E-state index in [0.29, 0.717) is 5.04 Å². The summed E-state index contributed by atoms with van der Waals surface area (Å²) < 4.78 is 3.42. The highest BCUT2D eigenvalue weighted by Gasteiger charge is 2.38. The lowest BCUT2D eigenvalue weighted by Gasteiger charge is -2.38. The van der Waals surface area contributed by atoms with Crippen LogP contribution in [0.4, 0.5) is 0 Å². The van der Waals surface area contributed by atoms with Crippen LogP contribution in [0, 0.1) is 0 Å². The third-order valence-corrected chi connectivity index (χ3v) is 10.6. The molecule has 2 rings (SSSR count). The molecular formula is C14H19BrClNSi. The van der Waals surface area contributed by atoms with Gasteiger partial charge in [0.2, 0.25) is 0 Å². The lowest BCUT2D eigenvalue weighted by atomic mass is 10.2. The monoisotopic (exact) mass is 343 g/mol. The normalized spacial score (nSPS) is 13.3. The van der Waals surface area contributed by atoms with Crippen molar-refractivity contribution in [1.82, 2.24) is 4.23 Å². The van der Waals surface area contributed by atoms with Gasteiger partial charge in [0.05, 0.1) is 5.02 Å². The maximum atomic E-state index is 6.24. The lowest BCUT2D eigenvalue weighted by molar-refractivity contribution is 0.703. The molecule has 98 valence electrons. The van der Waals surface area contributed by atoms with E-state index in [1.165, 1.54) is 10.9 Å². The first-order chi connectivity index (χ1) is 8.14. The highest BCUT2D eigenvalue weighted by molar-refractivity contribution is 9.10. The summed E-state index contributed by atoms with van der Waals surface area (Å²) in [5, 5.41) is 2.33. The highest BCUT2D eigenvalue weighted by Crippen LogP contribution is 2.39. The number of fused-ring (bicyclic) bond motifs is 1. The Labute approximate surface area is 123 Å². The van der Waals surface area contributed by atoms with Crippen LogP contribution in [0.3, 0.4) is 0 Å². The van der Waals surface area contributed by atoms with E-state index in [4.69, 9.17) is 11.6 Å². The fraction of sp³-hybridized carbons (Fsp3) is 0.429. The molecule has 0 aliphatic heterocycles. The zero-order valence-electron chi connectivity index (χ0n) is 11.5. The average molecular weight is 345 g/mol. The fourth-order valence-electron chi connectivity index (χ4n) is 1.98. The Kier molecular flexibility index (Phi) is 3.46. The predicted molar refractivity (Wildman–Crippen MR) is 87.2 cm³/mol. The van der Waals surface area contributed by atoms with Crippen molar-refractivity contribution in [2.45, 2.75) is 38.9 Å². The zero-order valence-corrected chi connectivity index (χ0v) is 14.9. The Morgan fingerprint density at radius 3 is 2.39 bits per heavy atom. The quantitative estimate of drug-likeness (QED) is 0.567. The van der Waals surface area contributed by atoms with Crippen molar-refractivity contribution in [3.63, 3.8) is 0 Å². The maximum absolute atomic E-state index is 6.24.